The zero-order valence-corrected chi connectivity index (χ0v) is 7.23. The third-order valence-corrected chi connectivity index (χ3v) is 1.97. The quantitative estimate of drug-likeness (QED) is 0.560. The van der Waals surface area contributed by atoms with Gasteiger partial charge in [0.1, 0.15) is 0 Å². The van der Waals surface area contributed by atoms with E-state index in [1.54, 1.807) is 9.91 Å². The van der Waals surface area contributed by atoms with Gasteiger partial charge in [-0.2, -0.15) is 0 Å². The molecule has 5 nitrogen and oxygen atoms in total. The van der Waals surface area contributed by atoms with Gasteiger partial charge in [-0.3, -0.25) is 0 Å². The molecule has 56 valence electrons. The summed E-state index contributed by atoms with van der Waals surface area (Å²) >= 11 is 2.26. The van der Waals surface area contributed by atoms with Gasteiger partial charge in [-0.05, 0) is 0 Å². The van der Waals surface area contributed by atoms with E-state index in [9.17, 15) is 4.79 Å². The van der Waals surface area contributed by atoms with Crippen molar-refractivity contribution in [1.82, 2.24) is 18.5 Å². The van der Waals surface area contributed by atoms with Gasteiger partial charge in [-0.15, -0.1) is 0 Å². The molecule has 0 saturated heterocycles. The van der Waals surface area contributed by atoms with Crippen molar-refractivity contribution in [2.75, 3.05) is 0 Å². The van der Waals surface area contributed by atoms with Gasteiger partial charge < -0.3 is 0 Å². The van der Waals surface area contributed by atoms with Crippen LogP contribution in [-0.4, -0.2) is 34.8 Å². The van der Waals surface area contributed by atoms with E-state index in [4.69, 9.17) is 0 Å². The molecule has 11 heavy (non-hydrogen) atoms. The first-order valence-electron chi connectivity index (χ1n) is 2.89. The zero-order valence-electron chi connectivity index (χ0n) is 5.35. The van der Waals surface area contributed by atoms with Gasteiger partial charge in [-0.1, -0.05) is 0 Å². The summed E-state index contributed by atoms with van der Waals surface area (Å²) in [6, 6.07) is 0. The number of rotatable bonds is 0. The monoisotopic (exact) mass is 216 g/mol. The predicted molar refractivity (Wildman–Crippen MR) is 40.7 cm³/mol. The molecule has 0 atom stereocenters. The molecule has 0 aliphatic rings. The van der Waals surface area contributed by atoms with E-state index in [0.29, 0.717) is 11.2 Å². The summed E-state index contributed by atoms with van der Waals surface area (Å²) in [7, 11) is 0. The average Bonchev–Trinajstić information content (AvgIpc) is 2.35. The van der Waals surface area contributed by atoms with Crippen LogP contribution in [0.25, 0.3) is 11.2 Å². The number of imidazole rings is 1. The Labute approximate surface area is 69.5 Å². The van der Waals surface area contributed by atoms with Crippen LogP contribution >= 0.6 is 0 Å². The van der Waals surface area contributed by atoms with Gasteiger partial charge in [-0.25, -0.2) is 0 Å². The van der Waals surface area contributed by atoms with Gasteiger partial charge in [0.15, 0.2) is 0 Å². The van der Waals surface area contributed by atoms with Gasteiger partial charge in [0.25, 0.3) is 0 Å². The molecule has 0 bridgehead atoms. The molecule has 2 rings (SSSR count). The van der Waals surface area contributed by atoms with E-state index in [2.05, 4.69) is 31.2 Å². The van der Waals surface area contributed by atoms with Gasteiger partial charge in [0.2, 0.25) is 0 Å². The summed E-state index contributed by atoms with van der Waals surface area (Å²) < 4.78 is 1.67. The molecule has 0 saturated carbocycles. The second kappa shape index (κ2) is 2.18. The summed E-state index contributed by atoms with van der Waals surface area (Å²) in [6.45, 7) is 0. The molecule has 2 heterocycles. The van der Waals surface area contributed by atoms with Crippen LogP contribution in [0.3, 0.4) is 0 Å². The van der Waals surface area contributed by atoms with E-state index in [0.717, 1.165) is 0 Å². The Balaban J connectivity index is 3.06. The Bertz CT molecular complexity index is 445. The maximum absolute atomic E-state index is 11.0. The van der Waals surface area contributed by atoms with Gasteiger partial charge in [0, 0.05) is 0 Å². The van der Waals surface area contributed by atoms with Crippen molar-refractivity contribution in [2.24, 2.45) is 0 Å². The number of aromatic amines is 1. The summed E-state index contributed by atoms with van der Waals surface area (Å²) in [5.74, 6) is 0. The molecule has 0 radical (unpaired) electrons. The number of aromatic nitrogens is 4. The summed E-state index contributed by atoms with van der Waals surface area (Å²) in [5.41, 5.74) is 0.738. The first-order valence-corrected chi connectivity index (χ1v) is 3.73. The third-order valence-electron chi connectivity index (χ3n) is 1.34. The Morgan fingerprint density at radius 2 is 2.36 bits per heavy atom. The molecule has 0 aromatic carbocycles. The molecule has 0 aliphatic heterocycles. The Kier molecular flexibility index (Phi) is 1.30. The van der Waals surface area contributed by atoms with Crippen molar-refractivity contribution in [1.29, 1.82) is 0 Å². The standard InChI is InChI=1S/C5H4N4OSe/c10-5-3-4(6-1-7-5)9(11)2-8-3/h1-2,11H,(H,6,7,10). The predicted octanol–water partition coefficient (Wildman–Crippen LogP) is -1.22. The van der Waals surface area contributed by atoms with E-state index in [1.807, 2.05) is 0 Å². The fourth-order valence-corrected chi connectivity index (χ4v) is 1.27. The fraction of sp³-hybridized carbons (Fsp3) is 0. The summed E-state index contributed by atoms with van der Waals surface area (Å²) in [4.78, 5) is 21.2. The molecular formula is C5H4N4OSe. The second-order valence-corrected chi connectivity index (χ2v) is 2.90. The average molecular weight is 215 g/mol. The Hall–Kier alpha value is -1.13. The van der Waals surface area contributed by atoms with Crippen LogP contribution in [0, 0.1) is 0 Å². The van der Waals surface area contributed by atoms with Gasteiger partial charge >= 0.3 is 68.9 Å². The minimum atomic E-state index is -0.302. The van der Waals surface area contributed by atoms with Crippen LogP contribution in [-0.2, 0) is 0 Å². The van der Waals surface area contributed by atoms with Crippen LogP contribution in [0.5, 0.6) is 0 Å². The van der Waals surface area contributed by atoms with Crippen LogP contribution < -0.4 is 5.56 Å². The van der Waals surface area contributed by atoms with E-state index < -0.39 is 0 Å². The number of nitrogens with one attached hydrogen (secondary N) is 1. The van der Waals surface area contributed by atoms with Crippen molar-refractivity contribution in [3.63, 3.8) is 0 Å². The number of H-pyrrole nitrogens is 1. The van der Waals surface area contributed by atoms with E-state index in [1.165, 1.54) is 6.33 Å². The fourth-order valence-electron chi connectivity index (χ4n) is 0.844. The molecule has 6 heteroatoms. The summed E-state index contributed by atoms with van der Waals surface area (Å²) in [6.07, 6.45) is 2.90. The first kappa shape index (κ1) is 6.57. The molecule has 0 unspecified atom stereocenters. The minimum absolute atomic E-state index is 0.302. The topological polar surface area (TPSA) is 63.6 Å². The van der Waals surface area contributed by atoms with Crippen molar-refractivity contribution in [3.8, 4) is 0 Å². The molecule has 2 aromatic heterocycles. The molecule has 0 aliphatic carbocycles. The maximum atomic E-state index is 11.0. The molecule has 1 N–H and O–H groups in total. The second-order valence-electron chi connectivity index (χ2n) is 1.99. The Morgan fingerprint density at radius 1 is 1.55 bits per heavy atom. The number of nitrogens with zero attached hydrogens (tertiary/aromatic N) is 3. The van der Waals surface area contributed by atoms with E-state index >= 15 is 0 Å². The van der Waals surface area contributed by atoms with Crippen molar-refractivity contribution >= 4 is 27.4 Å². The normalized spacial score (nSPS) is 10.6. The number of hydrogen-bond acceptors (Lipinski definition) is 3. The number of fused-ring (bicyclic) bond motifs is 1. The number of hydrogen-bond donors (Lipinski definition) is 1. The zero-order chi connectivity index (χ0) is 7.84. The van der Waals surface area contributed by atoms with Crippen molar-refractivity contribution in [3.05, 3.63) is 23.0 Å². The Morgan fingerprint density at radius 3 is 3.09 bits per heavy atom. The third kappa shape index (κ3) is 0.875. The molecule has 0 spiro atoms. The molecule has 0 fully saturated rings. The van der Waals surface area contributed by atoms with E-state index in [-0.39, 0.29) is 5.56 Å². The molecule has 0 amide bonds. The SMILES string of the molecule is O=c1nc[nH]c2c1ncn2[SeH]. The van der Waals surface area contributed by atoms with Crippen LogP contribution in [0.1, 0.15) is 0 Å². The van der Waals surface area contributed by atoms with Crippen molar-refractivity contribution < 1.29 is 0 Å². The van der Waals surface area contributed by atoms with Crippen molar-refractivity contribution in [2.45, 2.75) is 0 Å². The summed E-state index contributed by atoms with van der Waals surface area (Å²) in [5, 5.41) is 0. The van der Waals surface area contributed by atoms with Crippen LogP contribution in [0.2, 0.25) is 0 Å². The van der Waals surface area contributed by atoms with Crippen LogP contribution in [0.4, 0.5) is 0 Å². The molecular weight excluding hydrogens is 211 g/mol. The first-order chi connectivity index (χ1) is 5.29. The van der Waals surface area contributed by atoms with Crippen LogP contribution in [0.15, 0.2) is 17.4 Å². The van der Waals surface area contributed by atoms with Gasteiger partial charge in [0.05, 0.1) is 0 Å². The molecule has 2 aromatic rings.